The first-order valence-electron chi connectivity index (χ1n) is 6.12. The smallest absolute Gasteiger partial charge is 0.234 e. The van der Waals surface area contributed by atoms with E-state index < -0.39 is 0 Å². The molecular weight excluding hydrogens is 242 g/mol. The number of hydrogen-bond acceptors (Lipinski definition) is 4. The summed E-state index contributed by atoms with van der Waals surface area (Å²) in [5.41, 5.74) is 7.34. The number of piperidine rings is 1. The average Bonchev–Trinajstić information content (AvgIpc) is 2.38. The number of nitrogens with zero attached hydrogens (tertiary/aromatic N) is 1. The Bertz CT molecular complexity index is 681. The van der Waals surface area contributed by atoms with E-state index in [-0.39, 0.29) is 17.7 Å². The molecule has 3 rings (SSSR count). The quantitative estimate of drug-likeness (QED) is 0.594. The van der Waals surface area contributed by atoms with E-state index in [1.54, 1.807) is 18.5 Å². The van der Waals surface area contributed by atoms with Crippen molar-refractivity contribution in [1.29, 1.82) is 0 Å². The van der Waals surface area contributed by atoms with Crippen LogP contribution in [0.5, 0.6) is 0 Å². The highest BCUT2D eigenvalue weighted by atomic mass is 16.2. The summed E-state index contributed by atoms with van der Waals surface area (Å²) in [5, 5.41) is 4.23. The van der Waals surface area contributed by atoms with Crippen LogP contribution in [0.4, 0.5) is 5.69 Å². The van der Waals surface area contributed by atoms with E-state index in [4.69, 9.17) is 5.73 Å². The number of aromatic nitrogens is 1. The Morgan fingerprint density at radius 2 is 2.16 bits per heavy atom. The van der Waals surface area contributed by atoms with Crippen LogP contribution in [0.1, 0.15) is 24.3 Å². The molecule has 1 aromatic carbocycles. The molecular formula is C14H13N3O2. The molecule has 5 nitrogen and oxygen atoms in total. The van der Waals surface area contributed by atoms with Gasteiger partial charge in [-0.15, -0.1) is 0 Å². The average molecular weight is 255 g/mol. The number of rotatable bonds is 1. The molecule has 1 aliphatic rings. The van der Waals surface area contributed by atoms with Gasteiger partial charge in [0.05, 0.1) is 5.92 Å². The lowest BCUT2D eigenvalue weighted by atomic mass is 9.87. The molecule has 2 amide bonds. The molecule has 0 radical (unpaired) electrons. The van der Waals surface area contributed by atoms with Gasteiger partial charge in [-0.05, 0) is 35.6 Å². The van der Waals surface area contributed by atoms with Gasteiger partial charge in [0.15, 0.2) is 0 Å². The summed E-state index contributed by atoms with van der Waals surface area (Å²) >= 11 is 0. The van der Waals surface area contributed by atoms with Gasteiger partial charge in [0.2, 0.25) is 11.8 Å². The lowest BCUT2D eigenvalue weighted by Gasteiger charge is -2.22. The van der Waals surface area contributed by atoms with Gasteiger partial charge in [-0.3, -0.25) is 19.9 Å². The van der Waals surface area contributed by atoms with Gasteiger partial charge in [-0.25, -0.2) is 0 Å². The van der Waals surface area contributed by atoms with Crippen molar-refractivity contribution < 1.29 is 9.59 Å². The van der Waals surface area contributed by atoms with Crippen molar-refractivity contribution in [2.45, 2.75) is 18.8 Å². The van der Waals surface area contributed by atoms with Crippen molar-refractivity contribution >= 4 is 28.3 Å². The van der Waals surface area contributed by atoms with Crippen LogP contribution in [-0.4, -0.2) is 16.8 Å². The number of pyridine rings is 1. The van der Waals surface area contributed by atoms with Crippen LogP contribution in [0.2, 0.25) is 0 Å². The normalized spacial score (nSPS) is 19.5. The largest absolute Gasteiger partial charge is 0.399 e. The fourth-order valence-electron chi connectivity index (χ4n) is 2.53. The number of anilines is 1. The molecule has 1 aromatic heterocycles. The summed E-state index contributed by atoms with van der Waals surface area (Å²) in [4.78, 5) is 27.3. The Hall–Kier alpha value is -2.43. The molecule has 2 aromatic rings. The number of fused-ring (bicyclic) bond motifs is 1. The predicted molar refractivity (Wildman–Crippen MR) is 71.3 cm³/mol. The van der Waals surface area contributed by atoms with Crippen LogP contribution < -0.4 is 11.1 Å². The van der Waals surface area contributed by atoms with Gasteiger partial charge in [0.1, 0.15) is 0 Å². The highest BCUT2D eigenvalue weighted by Crippen LogP contribution is 2.32. The third-order valence-electron chi connectivity index (χ3n) is 3.42. The first-order chi connectivity index (χ1) is 9.15. The third-order valence-corrected chi connectivity index (χ3v) is 3.42. The van der Waals surface area contributed by atoms with Crippen LogP contribution in [0.25, 0.3) is 10.8 Å². The SMILES string of the molecule is Nc1cc(C2CCC(=O)NC2=O)c2cnccc2c1. The topological polar surface area (TPSA) is 85.1 Å². The minimum atomic E-state index is -0.340. The number of amides is 2. The molecule has 1 fully saturated rings. The van der Waals surface area contributed by atoms with Crippen LogP contribution in [-0.2, 0) is 9.59 Å². The Morgan fingerprint density at radius 3 is 2.95 bits per heavy atom. The summed E-state index contributed by atoms with van der Waals surface area (Å²) in [7, 11) is 0. The summed E-state index contributed by atoms with van der Waals surface area (Å²) < 4.78 is 0. The van der Waals surface area contributed by atoms with Crippen LogP contribution >= 0.6 is 0 Å². The van der Waals surface area contributed by atoms with E-state index in [2.05, 4.69) is 10.3 Å². The molecule has 2 heterocycles. The number of hydrogen-bond donors (Lipinski definition) is 2. The summed E-state index contributed by atoms with van der Waals surface area (Å²) in [5.74, 6) is -0.813. The van der Waals surface area contributed by atoms with Gasteiger partial charge < -0.3 is 5.73 Å². The van der Waals surface area contributed by atoms with Gasteiger partial charge in [0, 0.05) is 29.9 Å². The Labute approximate surface area is 109 Å². The number of imide groups is 1. The first-order valence-corrected chi connectivity index (χ1v) is 6.12. The predicted octanol–water partition coefficient (Wildman–Crippen LogP) is 1.34. The number of carbonyl (C=O) groups excluding carboxylic acids is 2. The Kier molecular flexibility index (Phi) is 2.67. The highest BCUT2D eigenvalue weighted by molar-refractivity contribution is 6.03. The van der Waals surface area contributed by atoms with Crippen LogP contribution in [0.15, 0.2) is 30.6 Å². The van der Waals surface area contributed by atoms with Crippen molar-refractivity contribution in [2.24, 2.45) is 0 Å². The summed E-state index contributed by atoms with van der Waals surface area (Å²) in [6.07, 6.45) is 4.29. The van der Waals surface area contributed by atoms with Crippen molar-refractivity contribution in [3.05, 3.63) is 36.2 Å². The monoisotopic (exact) mass is 255 g/mol. The van der Waals surface area contributed by atoms with E-state index in [0.717, 1.165) is 16.3 Å². The van der Waals surface area contributed by atoms with Crippen molar-refractivity contribution in [1.82, 2.24) is 10.3 Å². The van der Waals surface area contributed by atoms with E-state index in [1.165, 1.54) is 0 Å². The molecule has 3 N–H and O–H groups in total. The summed E-state index contributed by atoms with van der Waals surface area (Å²) in [6.45, 7) is 0. The zero-order valence-corrected chi connectivity index (χ0v) is 10.2. The molecule has 1 aliphatic heterocycles. The van der Waals surface area contributed by atoms with E-state index >= 15 is 0 Å². The van der Waals surface area contributed by atoms with Gasteiger partial charge in [0.25, 0.3) is 0 Å². The van der Waals surface area contributed by atoms with E-state index in [0.29, 0.717) is 18.5 Å². The highest BCUT2D eigenvalue weighted by Gasteiger charge is 2.29. The Balaban J connectivity index is 2.14. The van der Waals surface area contributed by atoms with Gasteiger partial charge >= 0.3 is 0 Å². The summed E-state index contributed by atoms with van der Waals surface area (Å²) in [6, 6.07) is 5.51. The molecule has 1 unspecified atom stereocenters. The minimum absolute atomic E-state index is 0.215. The molecule has 1 atom stereocenters. The zero-order valence-electron chi connectivity index (χ0n) is 10.2. The van der Waals surface area contributed by atoms with Crippen molar-refractivity contribution in [2.75, 3.05) is 5.73 Å². The van der Waals surface area contributed by atoms with Crippen molar-refractivity contribution in [3.63, 3.8) is 0 Å². The molecule has 5 heteroatoms. The molecule has 19 heavy (non-hydrogen) atoms. The molecule has 0 aliphatic carbocycles. The molecule has 0 bridgehead atoms. The number of carbonyl (C=O) groups is 2. The van der Waals surface area contributed by atoms with Crippen LogP contribution in [0, 0.1) is 0 Å². The number of benzene rings is 1. The Morgan fingerprint density at radius 1 is 1.32 bits per heavy atom. The standard InChI is InChI=1S/C14H13N3O2/c15-9-5-8-3-4-16-7-12(8)11(6-9)10-1-2-13(18)17-14(10)19/h3-7,10H,1-2,15H2,(H,17,18,19). The second-order valence-corrected chi connectivity index (χ2v) is 4.71. The van der Waals surface area contributed by atoms with Gasteiger partial charge in [-0.1, -0.05) is 0 Å². The maximum atomic E-state index is 12.0. The fraction of sp³-hybridized carbons (Fsp3) is 0.214. The second-order valence-electron chi connectivity index (χ2n) is 4.71. The lowest BCUT2D eigenvalue weighted by Crippen LogP contribution is -2.39. The fourth-order valence-corrected chi connectivity index (χ4v) is 2.53. The first kappa shape index (κ1) is 11.6. The molecule has 96 valence electrons. The number of nitrogens with one attached hydrogen (secondary N) is 1. The van der Waals surface area contributed by atoms with Crippen LogP contribution in [0.3, 0.4) is 0 Å². The zero-order chi connectivity index (χ0) is 13.4. The molecule has 1 saturated heterocycles. The molecule has 0 spiro atoms. The molecule has 0 saturated carbocycles. The van der Waals surface area contributed by atoms with E-state index in [1.807, 2.05) is 12.1 Å². The lowest BCUT2D eigenvalue weighted by molar-refractivity contribution is -0.134. The second kappa shape index (κ2) is 4.35. The number of nitrogen functional groups attached to an aromatic ring is 1. The maximum Gasteiger partial charge on any atom is 0.234 e. The third kappa shape index (κ3) is 2.03. The maximum absolute atomic E-state index is 12.0. The van der Waals surface area contributed by atoms with Crippen molar-refractivity contribution in [3.8, 4) is 0 Å². The minimum Gasteiger partial charge on any atom is -0.399 e. The van der Waals surface area contributed by atoms with E-state index in [9.17, 15) is 9.59 Å². The van der Waals surface area contributed by atoms with Gasteiger partial charge in [-0.2, -0.15) is 0 Å². The number of nitrogens with two attached hydrogens (primary N) is 1.